The second-order valence-electron chi connectivity index (χ2n) is 4.54. The molecule has 0 aliphatic rings. The van der Waals surface area contributed by atoms with Crippen molar-refractivity contribution in [2.24, 2.45) is 13.0 Å². The lowest BCUT2D eigenvalue weighted by atomic mass is 10.1. The second kappa shape index (κ2) is 4.16. The Morgan fingerprint density at radius 3 is 2.75 bits per heavy atom. The van der Waals surface area contributed by atoms with Crippen LogP contribution in [0.2, 0.25) is 0 Å². The second-order valence-corrected chi connectivity index (χ2v) is 4.54. The number of rotatable bonds is 3. The topological polar surface area (TPSA) is 27.1 Å². The van der Waals surface area contributed by atoms with E-state index in [4.69, 9.17) is 4.74 Å². The molecule has 1 aromatic heterocycles. The molecule has 0 saturated carbocycles. The molecule has 3 nitrogen and oxygen atoms in total. The Bertz CT molecular complexity index is 500. The standard InChI is InChI=1S/C13H18N2O/c1-9(2)7-13-14-11-6-5-10(16-4)8-12(11)15(13)3/h5-6,8-9H,7H2,1-4H3. The zero-order valence-electron chi connectivity index (χ0n) is 10.3. The molecule has 1 aromatic carbocycles. The van der Waals surface area contributed by atoms with Crippen molar-refractivity contribution in [2.45, 2.75) is 20.3 Å². The van der Waals surface area contributed by atoms with E-state index in [1.54, 1.807) is 7.11 Å². The van der Waals surface area contributed by atoms with Crippen LogP contribution in [0.4, 0.5) is 0 Å². The first-order chi connectivity index (χ1) is 7.61. The van der Waals surface area contributed by atoms with Crippen LogP contribution in [0.1, 0.15) is 19.7 Å². The summed E-state index contributed by atoms with van der Waals surface area (Å²) in [4.78, 5) is 4.64. The van der Waals surface area contributed by atoms with Crippen molar-refractivity contribution in [3.8, 4) is 5.75 Å². The number of imidazole rings is 1. The molecule has 2 rings (SSSR count). The van der Waals surface area contributed by atoms with Gasteiger partial charge >= 0.3 is 0 Å². The zero-order chi connectivity index (χ0) is 11.7. The minimum absolute atomic E-state index is 0.623. The molecule has 0 amide bonds. The SMILES string of the molecule is COc1ccc2nc(CC(C)C)n(C)c2c1. The molecule has 0 radical (unpaired) electrons. The van der Waals surface area contributed by atoms with Gasteiger partial charge in [-0.3, -0.25) is 0 Å². The molecule has 86 valence electrons. The van der Waals surface area contributed by atoms with E-state index in [-0.39, 0.29) is 0 Å². The fourth-order valence-corrected chi connectivity index (χ4v) is 1.89. The van der Waals surface area contributed by atoms with Crippen LogP contribution in [0.15, 0.2) is 18.2 Å². The monoisotopic (exact) mass is 218 g/mol. The van der Waals surface area contributed by atoms with Gasteiger partial charge in [0, 0.05) is 19.5 Å². The van der Waals surface area contributed by atoms with Crippen molar-refractivity contribution >= 4 is 11.0 Å². The summed E-state index contributed by atoms with van der Waals surface area (Å²) in [6.45, 7) is 4.42. The first-order valence-electron chi connectivity index (χ1n) is 5.61. The summed E-state index contributed by atoms with van der Waals surface area (Å²) in [6.07, 6.45) is 1.01. The van der Waals surface area contributed by atoms with Gasteiger partial charge in [-0.15, -0.1) is 0 Å². The van der Waals surface area contributed by atoms with E-state index in [1.165, 1.54) is 0 Å². The molecular weight excluding hydrogens is 200 g/mol. The van der Waals surface area contributed by atoms with E-state index in [9.17, 15) is 0 Å². The Hall–Kier alpha value is -1.51. The van der Waals surface area contributed by atoms with Crippen LogP contribution in [0, 0.1) is 5.92 Å². The average Bonchev–Trinajstić information content (AvgIpc) is 2.55. The van der Waals surface area contributed by atoms with E-state index >= 15 is 0 Å². The summed E-state index contributed by atoms with van der Waals surface area (Å²) in [5.41, 5.74) is 2.17. The van der Waals surface area contributed by atoms with Gasteiger partial charge in [0.2, 0.25) is 0 Å². The number of aryl methyl sites for hydroxylation is 1. The average molecular weight is 218 g/mol. The summed E-state index contributed by atoms with van der Waals surface area (Å²) < 4.78 is 7.38. The minimum atomic E-state index is 0.623. The van der Waals surface area contributed by atoms with E-state index in [0.29, 0.717) is 5.92 Å². The maximum atomic E-state index is 5.23. The number of benzene rings is 1. The third kappa shape index (κ3) is 1.90. The van der Waals surface area contributed by atoms with Gasteiger partial charge in [-0.25, -0.2) is 4.98 Å². The Balaban J connectivity index is 2.50. The van der Waals surface area contributed by atoms with Crippen LogP contribution in [-0.4, -0.2) is 16.7 Å². The minimum Gasteiger partial charge on any atom is -0.497 e. The molecule has 0 bridgehead atoms. The number of ether oxygens (including phenoxy) is 1. The van der Waals surface area contributed by atoms with Crippen LogP contribution in [0.3, 0.4) is 0 Å². The molecule has 0 unspecified atom stereocenters. The molecule has 0 atom stereocenters. The molecule has 16 heavy (non-hydrogen) atoms. The Labute approximate surface area is 96.1 Å². The molecule has 2 aromatic rings. The van der Waals surface area contributed by atoms with Gasteiger partial charge in [0.15, 0.2) is 0 Å². The van der Waals surface area contributed by atoms with Crippen molar-refractivity contribution < 1.29 is 4.74 Å². The molecule has 0 aliphatic heterocycles. The third-order valence-electron chi connectivity index (χ3n) is 2.77. The highest BCUT2D eigenvalue weighted by Crippen LogP contribution is 2.22. The Morgan fingerprint density at radius 1 is 1.38 bits per heavy atom. The highest BCUT2D eigenvalue weighted by Gasteiger charge is 2.09. The van der Waals surface area contributed by atoms with Crippen LogP contribution in [0.5, 0.6) is 5.75 Å². The van der Waals surface area contributed by atoms with E-state index < -0.39 is 0 Å². The predicted molar refractivity (Wildman–Crippen MR) is 65.8 cm³/mol. The van der Waals surface area contributed by atoms with Gasteiger partial charge in [-0.2, -0.15) is 0 Å². The summed E-state index contributed by atoms with van der Waals surface area (Å²) in [5, 5.41) is 0. The van der Waals surface area contributed by atoms with Crippen LogP contribution >= 0.6 is 0 Å². The number of aromatic nitrogens is 2. The summed E-state index contributed by atoms with van der Waals surface area (Å²) in [6, 6.07) is 6.00. The van der Waals surface area contributed by atoms with Crippen molar-refractivity contribution in [2.75, 3.05) is 7.11 Å². The maximum absolute atomic E-state index is 5.23. The lowest BCUT2D eigenvalue weighted by Gasteiger charge is -2.05. The van der Waals surface area contributed by atoms with Gasteiger partial charge in [0.1, 0.15) is 11.6 Å². The molecule has 0 N–H and O–H groups in total. The van der Waals surface area contributed by atoms with Gasteiger partial charge in [0.05, 0.1) is 18.1 Å². The Morgan fingerprint density at radius 2 is 2.12 bits per heavy atom. The lowest BCUT2D eigenvalue weighted by molar-refractivity contribution is 0.415. The van der Waals surface area contributed by atoms with Crippen LogP contribution in [0.25, 0.3) is 11.0 Å². The molecule has 3 heteroatoms. The van der Waals surface area contributed by atoms with Crippen molar-refractivity contribution in [3.05, 3.63) is 24.0 Å². The number of nitrogens with zero attached hydrogens (tertiary/aromatic N) is 2. The normalized spacial score (nSPS) is 11.3. The number of hydrogen-bond acceptors (Lipinski definition) is 2. The van der Waals surface area contributed by atoms with Crippen molar-refractivity contribution in [1.82, 2.24) is 9.55 Å². The highest BCUT2D eigenvalue weighted by atomic mass is 16.5. The maximum Gasteiger partial charge on any atom is 0.121 e. The van der Waals surface area contributed by atoms with Crippen molar-refractivity contribution in [1.29, 1.82) is 0 Å². The molecular formula is C13H18N2O. The number of fused-ring (bicyclic) bond motifs is 1. The van der Waals surface area contributed by atoms with Crippen LogP contribution in [-0.2, 0) is 13.5 Å². The van der Waals surface area contributed by atoms with Gasteiger partial charge in [-0.1, -0.05) is 13.8 Å². The fourth-order valence-electron chi connectivity index (χ4n) is 1.89. The first kappa shape index (κ1) is 11.0. The van der Waals surface area contributed by atoms with Crippen molar-refractivity contribution in [3.63, 3.8) is 0 Å². The molecule has 0 fully saturated rings. The highest BCUT2D eigenvalue weighted by molar-refractivity contribution is 5.77. The quantitative estimate of drug-likeness (QED) is 0.792. The molecule has 0 aliphatic carbocycles. The smallest absolute Gasteiger partial charge is 0.121 e. The number of hydrogen-bond donors (Lipinski definition) is 0. The van der Waals surface area contributed by atoms with Gasteiger partial charge in [-0.05, 0) is 18.1 Å². The predicted octanol–water partition coefficient (Wildman–Crippen LogP) is 2.78. The molecule has 0 saturated heterocycles. The Kier molecular flexibility index (Phi) is 2.86. The first-order valence-corrected chi connectivity index (χ1v) is 5.61. The van der Waals surface area contributed by atoms with Crippen LogP contribution < -0.4 is 4.74 Å². The zero-order valence-corrected chi connectivity index (χ0v) is 10.3. The van der Waals surface area contributed by atoms with E-state index in [2.05, 4.69) is 30.4 Å². The fraction of sp³-hybridized carbons (Fsp3) is 0.462. The van der Waals surface area contributed by atoms with E-state index in [0.717, 1.165) is 29.0 Å². The lowest BCUT2D eigenvalue weighted by Crippen LogP contribution is -2.02. The summed E-state index contributed by atoms with van der Waals surface area (Å²) in [5.74, 6) is 2.64. The van der Waals surface area contributed by atoms with Gasteiger partial charge < -0.3 is 9.30 Å². The summed E-state index contributed by atoms with van der Waals surface area (Å²) >= 11 is 0. The third-order valence-corrected chi connectivity index (χ3v) is 2.77. The largest absolute Gasteiger partial charge is 0.497 e. The summed E-state index contributed by atoms with van der Waals surface area (Å²) in [7, 11) is 3.75. The van der Waals surface area contributed by atoms with Gasteiger partial charge in [0.25, 0.3) is 0 Å². The van der Waals surface area contributed by atoms with E-state index in [1.807, 2.05) is 18.2 Å². The number of methoxy groups -OCH3 is 1. The molecule has 1 heterocycles. The molecule has 0 spiro atoms.